The van der Waals surface area contributed by atoms with Crippen LogP contribution in [0.25, 0.3) is 0 Å². The van der Waals surface area contributed by atoms with Crippen LogP contribution in [0, 0.1) is 0 Å². The maximum absolute atomic E-state index is 14.2. The number of alkyl halides is 1. The van der Waals surface area contributed by atoms with E-state index >= 15 is 0 Å². The third-order valence-corrected chi connectivity index (χ3v) is 6.29. The van der Waals surface area contributed by atoms with Gasteiger partial charge in [-0.3, -0.25) is 9.80 Å². The van der Waals surface area contributed by atoms with Gasteiger partial charge in [-0.25, -0.2) is 4.39 Å². The topological polar surface area (TPSA) is 77.2 Å². The molecule has 2 aliphatic rings. The highest BCUT2D eigenvalue weighted by Gasteiger charge is 2.56. The van der Waals surface area contributed by atoms with Crippen molar-refractivity contribution in [1.29, 1.82) is 0 Å². The number of hydrogen-bond donors (Lipinski definition) is 1. The molecule has 1 amide bonds. The molecule has 4 rings (SSSR count). The Kier molecular flexibility index (Phi) is 5.96. The lowest BCUT2D eigenvalue weighted by molar-refractivity contribution is -0.112. The van der Waals surface area contributed by atoms with E-state index in [1.807, 2.05) is 30.3 Å². The summed E-state index contributed by atoms with van der Waals surface area (Å²) in [6, 6.07) is 14.6. The molecule has 0 saturated heterocycles. The zero-order valence-corrected chi connectivity index (χ0v) is 17.9. The monoisotopic (exact) mass is 425 g/mol. The largest absolute Gasteiger partial charge is 0.489 e. The highest BCUT2D eigenvalue weighted by molar-refractivity contribution is 6.43. The van der Waals surface area contributed by atoms with E-state index in [0.29, 0.717) is 29.3 Å². The highest BCUT2D eigenvalue weighted by Crippen LogP contribution is 2.49. The summed E-state index contributed by atoms with van der Waals surface area (Å²) in [7, 11) is 1.32. The van der Waals surface area contributed by atoms with Crippen molar-refractivity contribution >= 4 is 17.3 Å². The SMILES string of the molecule is CCCCCC1(c2ccccc2)C(C(N)=O)=NN2c3cc(C(F)OC)ccc3OCC21. The average molecular weight is 426 g/mol. The molecule has 2 heterocycles. The van der Waals surface area contributed by atoms with E-state index in [9.17, 15) is 9.18 Å². The van der Waals surface area contributed by atoms with Crippen LogP contribution in [0.4, 0.5) is 10.1 Å². The Labute approximate surface area is 181 Å². The Morgan fingerprint density at radius 3 is 2.77 bits per heavy atom. The minimum atomic E-state index is -1.56. The maximum Gasteiger partial charge on any atom is 0.265 e. The van der Waals surface area contributed by atoms with Crippen LogP contribution in [0.3, 0.4) is 0 Å². The van der Waals surface area contributed by atoms with Crippen molar-refractivity contribution in [3.63, 3.8) is 0 Å². The number of methoxy groups -OCH3 is 1. The maximum atomic E-state index is 14.2. The molecule has 2 aliphatic heterocycles. The second-order valence-electron chi connectivity index (χ2n) is 8.06. The van der Waals surface area contributed by atoms with Gasteiger partial charge in [0.2, 0.25) is 6.36 Å². The van der Waals surface area contributed by atoms with Gasteiger partial charge >= 0.3 is 0 Å². The van der Waals surface area contributed by atoms with Gasteiger partial charge in [-0.15, -0.1) is 0 Å². The number of benzene rings is 2. The molecule has 164 valence electrons. The van der Waals surface area contributed by atoms with Gasteiger partial charge in [0.25, 0.3) is 5.91 Å². The van der Waals surface area contributed by atoms with Crippen molar-refractivity contribution < 1.29 is 18.7 Å². The van der Waals surface area contributed by atoms with Crippen LogP contribution in [-0.2, 0) is 14.9 Å². The van der Waals surface area contributed by atoms with Crippen molar-refractivity contribution in [2.45, 2.75) is 50.4 Å². The minimum absolute atomic E-state index is 0.266. The van der Waals surface area contributed by atoms with E-state index in [2.05, 4.69) is 6.92 Å². The van der Waals surface area contributed by atoms with Gasteiger partial charge in [-0.2, -0.15) is 5.10 Å². The Morgan fingerprint density at radius 2 is 2.10 bits per heavy atom. The number of amides is 1. The number of ether oxygens (including phenoxy) is 2. The molecule has 2 aromatic rings. The van der Waals surface area contributed by atoms with Crippen LogP contribution in [0.2, 0.25) is 0 Å². The summed E-state index contributed by atoms with van der Waals surface area (Å²) in [5.74, 6) is 0.0426. The van der Waals surface area contributed by atoms with Crippen molar-refractivity contribution in [1.82, 2.24) is 0 Å². The summed E-state index contributed by atoms with van der Waals surface area (Å²) in [4.78, 5) is 12.6. The lowest BCUT2D eigenvalue weighted by Crippen LogP contribution is -2.54. The van der Waals surface area contributed by atoms with E-state index in [0.717, 1.165) is 31.2 Å². The molecule has 0 bridgehead atoms. The molecule has 0 radical (unpaired) electrons. The predicted octanol–water partition coefficient (Wildman–Crippen LogP) is 4.24. The predicted molar refractivity (Wildman–Crippen MR) is 118 cm³/mol. The van der Waals surface area contributed by atoms with Gasteiger partial charge in [0.1, 0.15) is 29.8 Å². The number of fused-ring (bicyclic) bond motifs is 3. The summed E-state index contributed by atoms with van der Waals surface area (Å²) < 4.78 is 25.1. The average Bonchev–Trinajstić information content (AvgIpc) is 3.15. The molecule has 0 fully saturated rings. The Morgan fingerprint density at radius 1 is 1.32 bits per heavy atom. The first-order valence-electron chi connectivity index (χ1n) is 10.7. The second kappa shape index (κ2) is 8.67. The summed E-state index contributed by atoms with van der Waals surface area (Å²) in [6.45, 7) is 2.49. The summed E-state index contributed by atoms with van der Waals surface area (Å²) >= 11 is 0. The number of hydrazone groups is 1. The van der Waals surface area contributed by atoms with Gasteiger partial charge in [0.15, 0.2) is 0 Å². The normalized spacial score (nSPS) is 22.9. The zero-order chi connectivity index (χ0) is 22.0. The zero-order valence-electron chi connectivity index (χ0n) is 17.9. The van der Waals surface area contributed by atoms with Crippen molar-refractivity contribution in [2.24, 2.45) is 10.8 Å². The lowest BCUT2D eigenvalue weighted by atomic mass is 9.67. The number of carbonyl (C=O) groups is 1. The number of unbranched alkanes of at least 4 members (excludes halogenated alkanes) is 2. The second-order valence-corrected chi connectivity index (χ2v) is 8.06. The Bertz CT molecular complexity index is 981. The number of nitrogens with zero attached hydrogens (tertiary/aromatic N) is 2. The highest BCUT2D eigenvalue weighted by atomic mass is 19.1. The van der Waals surface area contributed by atoms with Crippen LogP contribution in [0.5, 0.6) is 5.75 Å². The first-order chi connectivity index (χ1) is 15.0. The molecule has 0 aliphatic carbocycles. The number of rotatable bonds is 8. The molecule has 3 unspecified atom stereocenters. The van der Waals surface area contributed by atoms with Crippen LogP contribution in [0.1, 0.15) is 50.1 Å². The van der Waals surface area contributed by atoms with E-state index < -0.39 is 17.7 Å². The third-order valence-electron chi connectivity index (χ3n) is 6.29. The molecular weight excluding hydrogens is 397 g/mol. The fraction of sp³-hybridized carbons (Fsp3) is 0.417. The van der Waals surface area contributed by atoms with Gasteiger partial charge in [-0.1, -0.05) is 56.5 Å². The number of halogens is 1. The van der Waals surface area contributed by atoms with Gasteiger partial charge in [-0.05, 0) is 30.2 Å². The fourth-order valence-electron chi connectivity index (χ4n) is 4.77. The molecule has 6 nitrogen and oxygen atoms in total. The summed E-state index contributed by atoms with van der Waals surface area (Å²) in [5, 5.41) is 6.51. The number of primary amides is 1. The standard InChI is InChI=1S/C24H28FN3O3/c1-3-4-8-13-24(17-9-6-5-7-10-17)20-15-31-19-12-11-16(22(25)30-2)14-18(19)28(20)27-21(24)23(26)29/h5-7,9-12,14,20,22H,3-4,8,13,15H2,1-2H3,(H2,26,29). The first-order valence-corrected chi connectivity index (χ1v) is 10.7. The van der Waals surface area contributed by atoms with Crippen LogP contribution in [0.15, 0.2) is 53.6 Å². The van der Waals surface area contributed by atoms with E-state index in [1.54, 1.807) is 23.2 Å². The lowest BCUT2D eigenvalue weighted by Gasteiger charge is -2.41. The van der Waals surface area contributed by atoms with Gasteiger partial charge in [0.05, 0.1) is 5.41 Å². The van der Waals surface area contributed by atoms with Crippen LogP contribution in [-0.4, -0.2) is 31.4 Å². The van der Waals surface area contributed by atoms with Gasteiger partial charge in [0, 0.05) is 12.7 Å². The quantitative estimate of drug-likeness (QED) is 0.642. The Hall–Kier alpha value is -2.93. The number of nitrogens with two attached hydrogens (primary N) is 1. The van der Waals surface area contributed by atoms with Crippen molar-refractivity contribution in [2.75, 3.05) is 18.7 Å². The number of hydrogen-bond acceptors (Lipinski definition) is 5. The summed E-state index contributed by atoms with van der Waals surface area (Å²) in [5.41, 5.74) is 7.46. The smallest absolute Gasteiger partial charge is 0.265 e. The molecule has 0 aromatic heterocycles. The van der Waals surface area contributed by atoms with Crippen LogP contribution >= 0.6 is 0 Å². The summed E-state index contributed by atoms with van der Waals surface area (Å²) in [6.07, 6.45) is 2.17. The van der Waals surface area contributed by atoms with Crippen molar-refractivity contribution in [3.05, 3.63) is 59.7 Å². The fourth-order valence-corrected chi connectivity index (χ4v) is 4.77. The molecule has 2 N–H and O–H groups in total. The molecule has 2 aromatic carbocycles. The number of anilines is 1. The molecule has 0 saturated carbocycles. The molecule has 31 heavy (non-hydrogen) atoms. The third kappa shape index (κ3) is 3.57. The van der Waals surface area contributed by atoms with Crippen molar-refractivity contribution in [3.8, 4) is 5.75 Å². The van der Waals surface area contributed by atoms with E-state index in [4.69, 9.17) is 20.3 Å². The Balaban J connectivity index is 1.85. The van der Waals surface area contributed by atoms with E-state index in [1.165, 1.54) is 7.11 Å². The minimum Gasteiger partial charge on any atom is -0.489 e. The molecular formula is C24H28FN3O3. The number of carbonyl (C=O) groups excluding carboxylic acids is 1. The van der Waals surface area contributed by atoms with Gasteiger partial charge < -0.3 is 15.2 Å². The molecule has 3 atom stereocenters. The van der Waals surface area contributed by atoms with Crippen LogP contribution < -0.4 is 15.5 Å². The molecule has 0 spiro atoms. The van der Waals surface area contributed by atoms with E-state index in [-0.39, 0.29) is 6.04 Å². The molecule has 7 heteroatoms. The first kappa shape index (κ1) is 21.3.